The molecule has 0 aliphatic rings. The predicted molar refractivity (Wildman–Crippen MR) is 84.0 cm³/mol. The third-order valence-electron chi connectivity index (χ3n) is 2.62. The van der Waals surface area contributed by atoms with Crippen LogP contribution < -0.4 is 5.32 Å². The highest BCUT2D eigenvalue weighted by Gasteiger charge is 2.08. The minimum absolute atomic E-state index is 0.00682. The molecule has 0 radical (unpaired) electrons. The van der Waals surface area contributed by atoms with Crippen LogP contribution in [0.5, 0.6) is 0 Å². The monoisotopic (exact) mass is 359 g/mol. The molecule has 0 saturated heterocycles. The van der Waals surface area contributed by atoms with E-state index in [0.717, 1.165) is 9.37 Å². The summed E-state index contributed by atoms with van der Waals surface area (Å²) in [4.78, 5) is 23.2. The molecule has 0 aliphatic heterocycles. The average molecular weight is 360 g/mol. The fraction of sp³-hybridized carbons (Fsp3) is 0.429. The Morgan fingerprint density at radius 3 is 2.60 bits per heavy atom. The molecular weight excluding hydrogens is 342 g/mol. The Labute approximate surface area is 131 Å². The summed E-state index contributed by atoms with van der Waals surface area (Å²) in [6.45, 7) is 1.89. The number of carboxylic acids is 1. The molecule has 2 N–H and O–H groups in total. The summed E-state index contributed by atoms with van der Waals surface area (Å²) in [5.74, 6) is -0.458. The number of thioether (sulfide) groups is 1. The second-order valence-electron chi connectivity index (χ2n) is 4.50. The van der Waals surface area contributed by atoms with Crippen LogP contribution >= 0.6 is 27.7 Å². The zero-order valence-electron chi connectivity index (χ0n) is 11.3. The summed E-state index contributed by atoms with van der Waals surface area (Å²) in [5, 5.41) is 11.4. The second-order valence-corrected chi connectivity index (χ2v) is 6.46. The first-order valence-corrected chi connectivity index (χ1v) is 8.14. The van der Waals surface area contributed by atoms with Gasteiger partial charge in [-0.3, -0.25) is 9.59 Å². The van der Waals surface area contributed by atoms with Gasteiger partial charge in [0.1, 0.15) is 0 Å². The van der Waals surface area contributed by atoms with Crippen molar-refractivity contribution in [3.63, 3.8) is 0 Å². The molecule has 1 aromatic carbocycles. The van der Waals surface area contributed by atoms with Crippen molar-refractivity contribution < 1.29 is 14.7 Å². The third-order valence-corrected chi connectivity index (χ3v) is 4.16. The number of hydrogen-bond acceptors (Lipinski definition) is 3. The molecule has 0 bridgehead atoms. The van der Waals surface area contributed by atoms with Crippen molar-refractivity contribution in [2.24, 2.45) is 0 Å². The number of halogens is 1. The van der Waals surface area contributed by atoms with Gasteiger partial charge in [0, 0.05) is 21.8 Å². The molecular formula is C14H18BrNO3S. The van der Waals surface area contributed by atoms with Gasteiger partial charge in [-0.15, -0.1) is 11.8 Å². The Morgan fingerprint density at radius 2 is 2.00 bits per heavy atom. The van der Waals surface area contributed by atoms with Gasteiger partial charge in [-0.1, -0.05) is 15.9 Å². The number of rotatable bonds is 8. The predicted octanol–water partition coefficient (Wildman–Crippen LogP) is 3.30. The molecule has 1 atom stereocenters. The molecule has 0 fully saturated rings. The van der Waals surface area contributed by atoms with Gasteiger partial charge >= 0.3 is 5.97 Å². The van der Waals surface area contributed by atoms with Crippen LogP contribution in [0.2, 0.25) is 0 Å². The lowest BCUT2D eigenvalue weighted by atomic mass is 10.1. The smallest absolute Gasteiger partial charge is 0.303 e. The summed E-state index contributed by atoms with van der Waals surface area (Å²) >= 11 is 4.84. The summed E-state index contributed by atoms with van der Waals surface area (Å²) in [6.07, 6.45) is 1.41. The number of aliphatic carboxylic acids is 1. The van der Waals surface area contributed by atoms with Gasteiger partial charge < -0.3 is 10.4 Å². The lowest BCUT2D eigenvalue weighted by Crippen LogP contribution is -2.33. The van der Waals surface area contributed by atoms with Gasteiger partial charge in [-0.25, -0.2) is 0 Å². The number of carboxylic acid groups (broad SMARTS) is 1. The molecule has 110 valence electrons. The van der Waals surface area contributed by atoms with Gasteiger partial charge in [0.15, 0.2) is 0 Å². The molecule has 1 rings (SSSR count). The maximum atomic E-state index is 11.7. The number of nitrogens with one attached hydrogen (secondary N) is 1. The number of amides is 1. The standard InChI is InChI=1S/C14H18BrNO3S/c1-10(3-2-4-14(18)19)16-13(17)9-20-12-7-5-11(15)6-8-12/h5-8,10H,2-4,9H2,1H3,(H,16,17)(H,18,19). The molecule has 0 aromatic heterocycles. The van der Waals surface area contributed by atoms with Gasteiger partial charge in [-0.2, -0.15) is 0 Å². The van der Waals surface area contributed by atoms with Crippen LogP contribution in [0.25, 0.3) is 0 Å². The number of carbonyl (C=O) groups is 2. The Bertz CT molecular complexity index is 450. The summed E-state index contributed by atoms with van der Waals surface area (Å²) in [6, 6.07) is 7.80. The SMILES string of the molecule is CC(CCCC(=O)O)NC(=O)CSc1ccc(Br)cc1. The van der Waals surface area contributed by atoms with Gasteiger partial charge in [0.05, 0.1) is 5.75 Å². The van der Waals surface area contributed by atoms with Crippen molar-refractivity contribution in [1.29, 1.82) is 0 Å². The summed E-state index contributed by atoms with van der Waals surface area (Å²) in [5.41, 5.74) is 0. The van der Waals surface area contributed by atoms with Crippen molar-refractivity contribution in [1.82, 2.24) is 5.32 Å². The van der Waals surface area contributed by atoms with Crippen molar-refractivity contribution in [3.8, 4) is 0 Å². The molecule has 0 saturated carbocycles. The van der Waals surface area contributed by atoms with Crippen LogP contribution in [0.1, 0.15) is 26.2 Å². The van der Waals surface area contributed by atoms with Crippen LogP contribution in [0.15, 0.2) is 33.6 Å². The highest BCUT2D eigenvalue weighted by atomic mass is 79.9. The van der Waals surface area contributed by atoms with Crippen LogP contribution in [0.3, 0.4) is 0 Å². The fourth-order valence-corrected chi connectivity index (χ4v) is 2.60. The minimum Gasteiger partial charge on any atom is -0.481 e. The van der Waals surface area contributed by atoms with E-state index in [1.807, 2.05) is 31.2 Å². The molecule has 1 aromatic rings. The van der Waals surface area contributed by atoms with E-state index in [-0.39, 0.29) is 18.4 Å². The van der Waals surface area contributed by atoms with E-state index in [0.29, 0.717) is 18.6 Å². The number of hydrogen-bond donors (Lipinski definition) is 2. The minimum atomic E-state index is -0.797. The first-order valence-electron chi connectivity index (χ1n) is 6.37. The number of carbonyl (C=O) groups excluding carboxylic acids is 1. The Balaban J connectivity index is 2.22. The van der Waals surface area contributed by atoms with E-state index in [2.05, 4.69) is 21.2 Å². The third kappa shape index (κ3) is 7.55. The largest absolute Gasteiger partial charge is 0.481 e. The van der Waals surface area contributed by atoms with Crippen LogP contribution in [-0.2, 0) is 9.59 Å². The maximum absolute atomic E-state index is 11.7. The molecule has 20 heavy (non-hydrogen) atoms. The highest BCUT2D eigenvalue weighted by molar-refractivity contribution is 9.10. The topological polar surface area (TPSA) is 66.4 Å². The summed E-state index contributed by atoms with van der Waals surface area (Å²) in [7, 11) is 0. The van der Waals surface area contributed by atoms with Crippen LogP contribution in [0.4, 0.5) is 0 Å². The van der Waals surface area contributed by atoms with E-state index in [9.17, 15) is 9.59 Å². The van der Waals surface area contributed by atoms with E-state index < -0.39 is 5.97 Å². The van der Waals surface area contributed by atoms with Crippen molar-refractivity contribution in [3.05, 3.63) is 28.7 Å². The second kappa shape index (κ2) is 9.02. The van der Waals surface area contributed by atoms with E-state index in [1.54, 1.807) is 0 Å². The molecule has 0 heterocycles. The molecule has 1 amide bonds. The molecule has 4 nitrogen and oxygen atoms in total. The Morgan fingerprint density at radius 1 is 1.35 bits per heavy atom. The van der Waals surface area contributed by atoms with Gasteiger partial charge in [0.2, 0.25) is 5.91 Å². The summed E-state index contributed by atoms with van der Waals surface area (Å²) < 4.78 is 1.01. The molecule has 1 unspecified atom stereocenters. The molecule has 0 spiro atoms. The van der Waals surface area contributed by atoms with Gasteiger partial charge in [-0.05, 0) is 44.0 Å². The first-order chi connectivity index (χ1) is 9.47. The van der Waals surface area contributed by atoms with Gasteiger partial charge in [0.25, 0.3) is 0 Å². The van der Waals surface area contributed by atoms with E-state index in [4.69, 9.17) is 5.11 Å². The lowest BCUT2D eigenvalue weighted by Gasteiger charge is -2.13. The first kappa shape index (κ1) is 17.0. The lowest BCUT2D eigenvalue weighted by molar-refractivity contribution is -0.137. The van der Waals surface area contributed by atoms with Crippen LogP contribution in [-0.4, -0.2) is 28.8 Å². The van der Waals surface area contributed by atoms with E-state index >= 15 is 0 Å². The molecule has 6 heteroatoms. The maximum Gasteiger partial charge on any atom is 0.303 e. The Kier molecular flexibility index (Phi) is 7.69. The molecule has 0 aliphatic carbocycles. The van der Waals surface area contributed by atoms with Crippen molar-refractivity contribution in [2.45, 2.75) is 37.1 Å². The number of benzene rings is 1. The average Bonchev–Trinajstić information content (AvgIpc) is 2.37. The Hall–Kier alpha value is -1.01. The highest BCUT2D eigenvalue weighted by Crippen LogP contribution is 2.20. The van der Waals surface area contributed by atoms with Crippen molar-refractivity contribution in [2.75, 3.05) is 5.75 Å². The zero-order chi connectivity index (χ0) is 15.0. The van der Waals surface area contributed by atoms with Crippen molar-refractivity contribution >= 4 is 39.6 Å². The fourth-order valence-electron chi connectivity index (χ4n) is 1.63. The van der Waals surface area contributed by atoms with Crippen LogP contribution in [0, 0.1) is 0 Å². The quantitative estimate of drug-likeness (QED) is 0.698. The van der Waals surface area contributed by atoms with E-state index in [1.165, 1.54) is 11.8 Å². The zero-order valence-corrected chi connectivity index (χ0v) is 13.7. The normalized spacial score (nSPS) is 11.9.